The van der Waals surface area contributed by atoms with Crippen LogP contribution in [0.15, 0.2) is 27.4 Å². The monoisotopic (exact) mass is 275 g/mol. The first-order valence-electron chi connectivity index (χ1n) is 6.73. The van der Waals surface area contributed by atoms with Crippen LogP contribution in [0.25, 0.3) is 11.1 Å². The molecule has 0 unspecified atom stereocenters. The normalized spacial score (nSPS) is 16.9. The highest BCUT2D eigenvalue weighted by molar-refractivity contribution is 5.93. The zero-order chi connectivity index (χ0) is 14.2. The van der Waals surface area contributed by atoms with Crippen molar-refractivity contribution in [3.63, 3.8) is 0 Å². The summed E-state index contributed by atoms with van der Waals surface area (Å²) in [6.07, 6.45) is 3.63. The minimum Gasteiger partial charge on any atom is -0.408 e. The van der Waals surface area contributed by atoms with Gasteiger partial charge in [0.05, 0.1) is 5.52 Å². The molecule has 1 fully saturated rings. The minimum atomic E-state index is -0.500. The van der Waals surface area contributed by atoms with Crippen molar-refractivity contribution in [2.24, 2.45) is 11.1 Å². The van der Waals surface area contributed by atoms with E-state index >= 15 is 0 Å². The average Bonchev–Trinajstić information content (AvgIpc) is 2.73. The van der Waals surface area contributed by atoms with E-state index in [2.05, 4.69) is 10.3 Å². The van der Waals surface area contributed by atoms with Gasteiger partial charge in [0.2, 0.25) is 5.91 Å². The molecule has 1 saturated carbocycles. The fourth-order valence-electron chi connectivity index (χ4n) is 2.71. The maximum atomic E-state index is 12.1. The number of amides is 1. The summed E-state index contributed by atoms with van der Waals surface area (Å²) < 4.78 is 4.91. The third-order valence-corrected chi connectivity index (χ3v) is 4.09. The van der Waals surface area contributed by atoms with Crippen LogP contribution in [0.3, 0.4) is 0 Å². The fourth-order valence-corrected chi connectivity index (χ4v) is 2.71. The van der Waals surface area contributed by atoms with Gasteiger partial charge in [0.25, 0.3) is 0 Å². The van der Waals surface area contributed by atoms with Crippen LogP contribution in [0.5, 0.6) is 0 Å². The van der Waals surface area contributed by atoms with Crippen LogP contribution >= 0.6 is 0 Å². The van der Waals surface area contributed by atoms with E-state index in [9.17, 15) is 9.59 Å². The van der Waals surface area contributed by atoms with Gasteiger partial charge in [-0.1, -0.05) is 6.42 Å². The van der Waals surface area contributed by atoms with E-state index in [4.69, 9.17) is 10.2 Å². The molecule has 1 aromatic heterocycles. The third kappa shape index (κ3) is 2.34. The number of rotatable bonds is 4. The summed E-state index contributed by atoms with van der Waals surface area (Å²) >= 11 is 0. The summed E-state index contributed by atoms with van der Waals surface area (Å²) in [5, 5.41) is 2.84. The van der Waals surface area contributed by atoms with Gasteiger partial charge in [0, 0.05) is 12.1 Å². The Balaban J connectivity index is 1.72. The zero-order valence-corrected chi connectivity index (χ0v) is 11.1. The van der Waals surface area contributed by atoms with Crippen molar-refractivity contribution in [2.45, 2.75) is 25.7 Å². The number of benzene rings is 1. The second-order valence-electron chi connectivity index (χ2n) is 5.51. The van der Waals surface area contributed by atoms with Crippen LogP contribution in [0.1, 0.15) is 25.7 Å². The van der Waals surface area contributed by atoms with Gasteiger partial charge in [0.15, 0.2) is 5.58 Å². The number of aromatic nitrogens is 1. The summed E-state index contributed by atoms with van der Waals surface area (Å²) in [4.78, 5) is 25.7. The number of carbonyl (C=O) groups is 1. The molecular weight excluding hydrogens is 258 g/mol. The zero-order valence-electron chi connectivity index (χ0n) is 11.1. The summed E-state index contributed by atoms with van der Waals surface area (Å²) in [7, 11) is 0. The molecule has 1 heterocycles. The number of hydrogen-bond donors (Lipinski definition) is 3. The Bertz CT molecular complexity index is 691. The number of nitrogens with one attached hydrogen (secondary N) is 2. The van der Waals surface area contributed by atoms with Gasteiger partial charge in [-0.3, -0.25) is 9.78 Å². The minimum absolute atomic E-state index is 0.0157. The maximum absolute atomic E-state index is 12.1. The van der Waals surface area contributed by atoms with Crippen molar-refractivity contribution in [3.05, 3.63) is 28.7 Å². The molecular formula is C14H17N3O3. The Morgan fingerprint density at radius 2 is 2.25 bits per heavy atom. The molecule has 1 aliphatic rings. The lowest BCUT2D eigenvalue weighted by molar-refractivity contribution is -0.119. The predicted octanol–water partition coefficient (Wildman–Crippen LogP) is 1.58. The fraction of sp³-hybridized carbons (Fsp3) is 0.429. The maximum Gasteiger partial charge on any atom is 0.417 e. The van der Waals surface area contributed by atoms with Gasteiger partial charge in [0.1, 0.15) is 0 Å². The summed E-state index contributed by atoms with van der Waals surface area (Å²) in [6.45, 7) is 0.550. The number of oxazole rings is 1. The standard InChI is InChI=1S/C14H17N3O3/c15-8-14(4-1-5-14)7-12(18)16-9-2-3-11-10(6-9)17-13(19)20-11/h2-3,6H,1,4-5,7-8,15H2,(H,16,18)(H,17,19). The molecule has 0 atom stereocenters. The molecule has 0 radical (unpaired) electrons. The number of nitrogens with two attached hydrogens (primary N) is 1. The highest BCUT2D eigenvalue weighted by atomic mass is 16.4. The molecule has 1 aromatic carbocycles. The number of aromatic amines is 1. The number of carbonyl (C=O) groups excluding carboxylic acids is 1. The van der Waals surface area contributed by atoms with Gasteiger partial charge < -0.3 is 15.5 Å². The van der Waals surface area contributed by atoms with Crippen LogP contribution in [0, 0.1) is 5.41 Å². The van der Waals surface area contributed by atoms with E-state index in [0.717, 1.165) is 19.3 Å². The van der Waals surface area contributed by atoms with Gasteiger partial charge in [-0.25, -0.2) is 4.79 Å². The van der Waals surface area contributed by atoms with Crippen molar-refractivity contribution in [2.75, 3.05) is 11.9 Å². The first kappa shape index (κ1) is 12.9. The Morgan fingerprint density at radius 3 is 2.90 bits per heavy atom. The Labute approximate surface area is 115 Å². The Kier molecular flexibility index (Phi) is 3.10. The lowest BCUT2D eigenvalue weighted by Crippen LogP contribution is -2.40. The number of H-pyrrole nitrogens is 1. The van der Waals surface area contributed by atoms with E-state index in [0.29, 0.717) is 29.8 Å². The summed E-state index contributed by atoms with van der Waals surface area (Å²) in [6, 6.07) is 5.06. The molecule has 6 heteroatoms. The molecule has 2 aromatic rings. The molecule has 1 aliphatic carbocycles. The summed E-state index contributed by atoms with van der Waals surface area (Å²) in [5.41, 5.74) is 7.44. The number of anilines is 1. The molecule has 3 rings (SSSR count). The topological polar surface area (TPSA) is 101 Å². The molecule has 20 heavy (non-hydrogen) atoms. The second kappa shape index (κ2) is 4.79. The van der Waals surface area contributed by atoms with Gasteiger partial charge in [-0.2, -0.15) is 0 Å². The number of hydrogen-bond acceptors (Lipinski definition) is 4. The lowest BCUT2D eigenvalue weighted by Gasteiger charge is -2.40. The smallest absolute Gasteiger partial charge is 0.408 e. The summed E-state index contributed by atoms with van der Waals surface area (Å²) in [5.74, 6) is -0.541. The highest BCUT2D eigenvalue weighted by Crippen LogP contribution is 2.43. The van der Waals surface area contributed by atoms with Crippen molar-refractivity contribution < 1.29 is 9.21 Å². The quantitative estimate of drug-likeness (QED) is 0.788. The highest BCUT2D eigenvalue weighted by Gasteiger charge is 2.37. The van der Waals surface area contributed by atoms with Crippen LogP contribution in [0.4, 0.5) is 5.69 Å². The molecule has 4 N–H and O–H groups in total. The second-order valence-corrected chi connectivity index (χ2v) is 5.51. The van der Waals surface area contributed by atoms with Gasteiger partial charge >= 0.3 is 5.76 Å². The molecule has 106 valence electrons. The molecule has 0 bridgehead atoms. The van der Waals surface area contributed by atoms with Crippen molar-refractivity contribution in [1.29, 1.82) is 0 Å². The average molecular weight is 275 g/mol. The SMILES string of the molecule is NCC1(CC(=O)Nc2ccc3oc(=O)[nH]c3c2)CCC1. The van der Waals surface area contributed by atoms with Gasteiger partial charge in [-0.15, -0.1) is 0 Å². The van der Waals surface area contributed by atoms with Gasteiger partial charge in [-0.05, 0) is 43.0 Å². The molecule has 0 aliphatic heterocycles. The Hall–Kier alpha value is -2.08. The van der Waals surface area contributed by atoms with Crippen LogP contribution in [0.2, 0.25) is 0 Å². The predicted molar refractivity (Wildman–Crippen MR) is 75.4 cm³/mol. The van der Waals surface area contributed by atoms with Crippen molar-refractivity contribution >= 4 is 22.7 Å². The van der Waals surface area contributed by atoms with Crippen LogP contribution < -0.4 is 16.8 Å². The Morgan fingerprint density at radius 1 is 1.45 bits per heavy atom. The van der Waals surface area contributed by atoms with E-state index < -0.39 is 5.76 Å². The molecule has 6 nitrogen and oxygen atoms in total. The molecule has 0 spiro atoms. The van der Waals surface area contributed by atoms with Crippen LogP contribution in [-0.4, -0.2) is 17.4 Å². The number of fused-ring (bicyclic) bond motifs is 1. The van der Waals surface area contributed by atoms with Crippen molar-refractivity contribution in [1.82, 2.24) is 4.98 Å². The molecule has 0 saturated heterocycles. The lowest BCUT2D eigenvalue weighted by atomic mass is 9.66. The van der Waals surface area contributed by atoms with E-state index in [-0.39, 0.29) is 11.3 Å². The van der Waals surface area contributed by atoms with E-state index in [1.165, 1.54) is 0 Å². The molecule has 1 amide bonds. The third-order valence-electron chi connectivity index (χ3n) is 4.09. The van der Waals surface area contributed by atoms with E-state index in [1.807, 2.05) is 0 Å². The largest absolute Gasteiger partial charge is 0.417 e. The van der Waals surface area contributed by atoms with Crippen molar-refractivity contribution in [3.8, 4) is 0 Å². The first-order valence-corrected chi connectivity index (χ1v) is 6.73. The van der Waals surface area contributed by atoms with E-state index in [1.54, 1.807) is 18.2 Å². The first-order chi connectivity index (χ1) is 9.60. The van der Waals surface area contributed by atoms with Crippen LogP contribution in [-0.2, 0) is 4.79 Å².